The van der Waals surface area contributed by atoms with Crippen molar-refractivity contribution in [2.45, 2.75) is 13.2 Å². The molecular weight excluding hydrogens is 302 g/mol. The van der Waals surface area contributed by atoms with Gasteiger partial charge in [0.2, 0.25) is 0 Å². The quantitative estimate of drug-likeness (QED) is 0.820. The van der Waals surface area contributed by atoms with Gasteiger partial charge in [0.1, 0.15) is 11.5 Å². The zero-order chi connectivity index (χ0) is 12.8. The average molecular weight is 313 g/mol. The van der Waals surface area contributed by atoms with Gasteiger partial charge >= 0.3 is 6.61 Å². The van der Waals surface area contributed by atoms with Crippen LogP contribution >= 0.6 is 15.9 Å². The van der Waals surface area contributed by atoms with Crippen LogP contribution in [0, 0.1) is 0 Å². The minimum Gasteiger partial charge on any atom is -0.466 e. The third-order valence-corrected chi connectivity index (χ3v) is 2.45. The van der Waals surface area contributed by atoms with Crippen LogP contribution in [0.2, 0.25) is 0 Å². The van der Waals surface area contributed by atoms with Gasteiger partial charge in [0.25, 0.3) is 0 Å². The summed E-state index contributed by atoms with van der Waals surface area (Å²) < 4.78 is 38.8. The van der Waals surface area contributed by atoms with Crippen molar-refractivity contribution in [2.75, 3.05) is 13.9 Å². The topological polar surface area (TPSA) is 47.9 Å². The van der Waals surface area contributed by atoms with Gasteiger partial charge in [-0.2, -0.15) is 8.78 Å². The van der Waals surface area contributed by atoms with E-state index in [1.165, 1.54) is 19.2 Å². The maximum atomic E-state index is 12.1. The molecule has 1 N–H and O–H groups in total. The Morgan fingerprint density at radius 2 is 2.06 bits per heavy atom. The molecule has 0 amide bonds. The van der Waals surface area contributed by atoms with Crippen molar-refractivity contribution in [2.24, 2.45) is 0 Å². The van der Waals surface area contributed by atoms with Gasteiger partial charge in [-0.05, 0) is 28.1 Å². The van der Waals surface area contributed by atoms with Crippen LogP contribution in [-0.2, 0) is 11.3 Å². The Hall–Kier alpha value is -0.920. The molecule has 0 aliphatic heterocycles. The smallest absolute Gasteiger partial charge is 0.387 e. The van der Waals surface area contributed by atoms with E-state index in [2.05, 4.69) is 20.7 Å². The van der Waals surface area contributed by atoms with Crippen molar-refractivity contribution in [1.82, 2.24) is 0 Å². The van der Waals surface area contributed by atoms with E-state index in [4.69, 9.17) is 14.6 Å². The molecule has 96 valence electrons. The fourth-order valence-corrected chi connectivity index (χ4v) is 1.58. The lowest BCUT2D eigenvalue weighted by Crippen LogP contribution is -2.06. The fraction of sp³-hybridized carbons (Fsp3) is 0.400. The maximum Gasteiger partial charge on any atom is 0.387 e. The van der Waals surface area contributed by atoms with Crippen molar-refractivity contribution in [1.29, 1.82) is 0 Å². The molecule has 0 heterocycles. The number of ether oxygens (including phenoxy) is 3. The molecule has 0 aliphatic rings. The molecule has 0 saturated carbocycles. The van der Waals surface area contributed by atoms with E-state index < -0.39 is 13.2 Å². The summed E-state index contributed by atoms with van der Waals surface area (Å²) in [5.74, 6) is 0.275. The van der Waals surface area contributed by atoms with Crippen molar-refractivity contribution in [3.63, 3.8) is 0 Å². The standard InChI is InChI=1S/C10H11BrF2O4/c1-15-5-16-9-2-6(4-14)8(3-7(9)11)17-10(12)13/h2-3,10,14H,4-5H2,1H3. The van der Waals surface area contributed by atoms with Gasteiger partial charge in [0.15, 0.2) is 6.79 Å². The SMILES string of the molecule is COCOc1cc(CO)c(OC(F)F)cc1Br. The van der Waals surface area contributed by atoms with Gasteiger partial charge in [0, 0.05) is 12.7 Å². The summed E-state index contributed by atoms with van der Waals surface area (Å²) in [6.45, 7) is -3.37. The second-order valence-corrected chi connectivity index (χ2v) is 3.83. The summed E-state index contributed by atoms with van der Waals surface area (Å²) in [7, 11) is 1.45. The van der Waals surface area contributed by atoms with E-state index in [0.717, 1.165) is 0 Å². The molecule has 0 radical (unpaired) electrons. The van der Waals surface area contributed by atoms with Crippen molar-refractivity contribution in [3.05, 3.63) is 22.2 Å². The third kappa shape index (κ3) is 4.10. The van der Waals surface area contributed by atoms with E-state index in [-0.39, 0.29) is 18.1 Å². The summed E-state index contributed by atoms with van der Waals surface area (Å²) >= 11 is 3.14. The Balaban J connectivity index is 2.97. The summed E-state index contributed by atoms with van der Waals surface area (Å²) in [5.41, 5.74) is 0.208. The van der Waals surface area contributed by atoms with Gasteiger partial charge in [-0.1, -0.05) is 0 Å². The molecule has 0 aromatic heterocycles. The lowest BCUT2D eigenvalue weighted by Gasteiger charge is -2.13. The van der Waals surface area contributed by atoms with Gasteiger partial charge < -0.3 is 19.3 Å². The Kier molecular flexibility index (Phi) is 5.60. The Morgan fingerprint density at radius 1 is 1.35 bits per heavy atom. The Morgan fingerprint density at radius 3 is 2.59 bits per heavy atom. The molecule has 4 nitrogen and oxygen atoms in total. The summed E-state index contributed by atoms with van der Waals surface area (Å²) in [4.78, 5) is 0. The van der Waals surface area contributed by atoms with Crippen LogP contribution in [0.25, 0.3) is 0 Å². The van der Waals surface area contributed by atoms with E-state index in [9.17, 15) is 8.78 Å². The molecule has 0 aliphatic carbocycles. The van der Waals surface area contributed by atoms with Crippen LogP contribution in [-0.4, -0.2) is 25.6 Å². The summed E-state index contributed by atoms with van der Waals surface area (Å²) in [5, 5.41) is 9.05. The Bertz CT molecular complexity index is 374. The van der Waals surface area contributed by atoms with Crippen LogP contribution in [0.4, 0.5) is 8.78 Å². The lowest BCUT2D eigenvalue weighted by atomic mass is 10.2. The first-order valence-corrected chi connectivity index (χ1v) is 5.37. The van der Waals surface area contributed by atoms with Gasteiger partial charge in [-0.15, -0.1) is 0 Å². The van der Waals surface area contributed by atoms with Crippen LogP contribution in [0.5, 0.6) is 11.5 Å². The highest BCUT2D eigenvalue weighted by Gasteiger charge is 2.13. The van der Waals surface area contributed by atoms with Gasteiger partial charge in [-0.3, -0.25) is 0 Å². The zero-order valence-electron chi connectivity index (χ0n) is 8.95. The zero-order valence-corrected chi connectivity index (χ0v) is 10.5. The van der Waals surface area contributed by atoms with E-state index in [1.54, 1.807) is 0 Å². The molecule has 17 heavy (non-hydrogen) atoms. The lowest BCUT2D eigenvalue weighted by molar-refractivity contribution is -0.0510. The Labute approximate surface area is 105 Å². The number of hydrogen-bond acceptors (Lipinski definition) is 4. The molecular formula is C10H11BrF2O4. The number of methoxy groups -OCH3 is 1. The third-order valence-electron chi connectivity index (χ3n) is 1.83. The van der Waals surface area contributed by atoms with Crippen LogP contribution in [0.1, 0.15) is 5.56 Å². The predicted molar refractivity (Wildman–Crippen MR) is 59.2 cm³/mol. The molecule has 1 aromatic rings. The van der Waals surface area contributed by atoms with Crippen molar-refractivity contribution >= 4 is 15.9 Å². The molecule has 7 heteroatoms. The number of rotatable bonds is 6. The molecule has 1 aromatic carbocycles. The first-order valence-electron chi connectivity index (χ1n) is 4.58. The number of halogens is 3. The van der Waals surface area contributed by atoms with Crippen LogP contribution < -0.4 is 9.47 Å². The minimum atomic E-state index is -2.95. The van der Waals surface area contributed by atoms with Crippen molar-refractivity contribution in [3.8, 4) is 11.5 Å². The summed E-state index contributed by atoms with van der Waals surface area (Å²) in [6.07, 6.45) is 0. The molecule has 0 bridgehead atoms. The second kappa shape index (κ2) is 6.73. The largest absolute Gasteiger partial charge is 0.466 e. The highest BCUT2D eigenvalue weighted by molar-refractivity contribution is 9.10. The van der Waals surface area contributed by atoms with E-state index >= 15 is 0 Å². The average Bonchev–Trinajstić information content (AvgIpc) is 2.27. The van der Waals surface area contributed by atoms with E-state index in [0.29, 0.717) is 10.2 Å². The number of benzene rings is 1. The molecule has 0 fully saturated rings. The second-order valence-electron chi connectivity index (χ2n) is 2.98. The van der Waals surface area contributed by atoms with E-state index in [1.807, 2.05) is 0 Å². The first kappa shape index (κ1) is 14.1. The molecule has 0 unspecified atom stereocenters. The molecule has 1 rings (SSSR count). The number of aliphatic hydroxyl groups is 1. The van der Waals surface area contributed by atoms with Crippen molar-refractivity contribution < 1.29 is 28.1 Å². The molecule has 0 saturated heterocycles. The number of aliphatic hydroxyl groups excluding tert-OH is 1. The predicted octanol–water partition coefficient (Wildman–Crippen LogP) is 2.53. The molecule has 0 spiro atoms. The van der Waals surface area contributed by atoms with Crippen LogP contribution in [0.3, 0.4) is 0 Å². The first-order chi connectivity index (χ1) is 8.08. The normalized spacial score (nSPS) is 10.7. The van der Waals surface area contributed by atoms with Crippen LogP contribution in [0.15, 0.2) is 16.6 Å². The monoisotopic (exact) mass is 312 g/mol. The maximum absolute atomic E-state index is 12.1. The highest BCUT2D eigenvalue weighted by atomic mass is 79.9. The van der Waals surface area contributed by atoms with Gasteiger partial charge in [-0.25, -0.2) is 0 Å². The van der Waals surface area contributed by atoms with Gasteiger partial charge in [0.05, 0.1) is 11.1 Å². The summed E-state index contributed by atoms with van der Waals surface area (Å²) in [6, 6.07) is 2.71. The fourth-order valence-electron chi connectivity index (χ4n) is 1.14. The minimum absolute atomic E-state index is 0.0124. The number of alkyl halides is 2. The number of hydrogen-bond donors (Lipinski definition) is 1. The molecule has 0 atom stereocenters. The highest BCUT2D eigenvalue weighted by Crippen LogP contribution is 2.33.